The minimum Gasteiger partial charge on any atom is -0.450 e. The van der Waals surface area contributed by atoms with Gasteiger partial charge in [0.1, 0.15) is 12.2 Å². The van der Waals surface area contributed by atoms with Crippen LogP contribution in [0.2, 0.25) is 0 Å². The van der Waals surface area contributed by atoms with E-state index in [1.54, 1.807) is 0 Å². The first-order valence-corrected chi connectivity index (χ1v) is 5.16. The van der Waals surface area contributed by atoms with Crippen molar-refractivity contribution in [1.29, 1.82) is 0 Å². The molecule has 4 heteroatoms. The SMILES string of the molecule is CC(=O)CC(=O)OC(Br)CC(C)C. The first-order chi connectivity index (χ1) is 5.91. The molecule has 13 heavy (non-hydrogen) atoms. The second-order valence-electron chi connectivity index (χ2n) is 3.41. The molecule has 0 aromatic carbocycles. The Morgan fingerprint density at radius 2 is 1.92 bits per heavy atom. The van der Waals surface area contributed by atoms with Gasteiger partial charge >= 0.3 is 5.97 Å². The van der Waals surface area contributed by atoms with Gasteiger partial charge in [-0.3, -0.25) is 9.59 Å². The van der Waals surface area contributed by atoms with Crippen LogP contribution >= 0.6 is 15.9 Å². The van der Waals surface area contributed by atoms with Crippen molar-refractivity contribution in [3.63, 3.8) is 0 Å². The Balaban J connectivity index is 3.71. The minimum absolute atomic E-state index is 0.139. The Labute approximate surface area is 87.0 Å². The van der Waals surface area contributed by atoms with Crippen LogP contribution in [0.5, 0.6) is 0 Å². The maximum Gasteiger partial charge on any atom is 0.314 e. The number of Topliss-reactive ketones (excluding diaryl/α,β-unsaturated/α-hetero) is 1. The number of rotatable bonds is 5. The molecule has 0 N–H and O–H groups in total. The van der Waals surface area contributed by atoms with Crippen LogP contribution in [0.3, 0.4) is 0 Å². The summed E-state index contributed by atoms with van der Waals surface area (Å²) < 4.78 is 4.93. The van der Waals surface area contributed by atoms with E-state index in [9.17, 15) is 9.59 Å². The second-order valence-corrected chi connectivity index (χ2v) is 4.43. The minimum atomic E-state index is -0.463. The van der Waals surface area contributed by atoms with Crippen LogP contribution < -0.4 is 0 Å². The Morgan fingerprint density at radius 3 is 2.31 bits per heavy atom. The number of ketones is 1. The number of hydrogen-bond acceptors (Lipinski definition) is 3. The molecule has 0 aromatic rings. The quantitative estimate of drug-likeness (QED) is 0.427. The molecule has 0 saturated carbocycles. The zero-order valence-electron chi connectivity index (χ0n) is 8.17. The number of carbonyl (C=O) groups excluding carboxylic acids is 2. The van der Waals surface area contributed by atoms with Gasteiger partial charge in [-0.2, -0.15) is 0 Å². The Bertz CT molecular complexity index is 189. The molecular formula is C9H15BrO3. The van der Waals surface area contributed by atoms with Crippen LogP contribution in [0, 0.1) is 5.92 Å². The zero-order chi connectivity index (χ0) is 10.4. The number of alkyl halides is 1. The van der Waals surface area contributed by atoms with Crippen LogP contribution in [0.25, 0.3) is 0 Å². The standard InChI is InChI=1S/C9H15BrO3/c1-6(2)4-8(10)13-9(12)5-7(3)11/h6,8H,4-5H2,1-3H3. The predicted molar refractivity (Wildman–Crippen MR) is 53.6 cm³/mol. The molecule has 0 heterocycles. The highest BCUT2D eigenvalue weighted by molar-refractivity contribution is 9.09. The molecule has 1 unspecified atom stereocenters. The summed E-state index contributed by atoms with van der Waals surface area (Å²) in [6, 6.07) is 0. The highest BCUT2D eigenvalue weighted by Gasteiger charge is 2.13. The van der Waals surface area contributed by atoms with Crippen molar-refractivity contribution in [2.45, 2.75) is 38.6 Å². The lowest BCUT2D eigenvalue weighted by molar-refractivity contribution is -0.147. The van der Waals surface area contributed by atoms with E-state index in [0.717, 1.165) is 6.42 Å². The van der Waals surface area contributed by atoms with E-state index >= 15 is 0 Å². The van der Waals surface area contributed by atoms with Gasteiger partial charge in [0.15, 0.2) is 5.01 Å². The van der Waals surface area contributed by atoms with Gasteiger partial charge in [0, 0.05) is 0 Å². The lowest BCUT2D eigenvalue weighted by Crippen LogP contribution is -2.16. The van der Waals surface area contributed by atoms with Crippen LogP contribution in [0.1, 0.15) is 33.6 Å². The normalized spacial score (nSPS) is 12.7. The first kappa shape index (κ1) is 12.6. The second kappa shape index (κ2) is 6.13. The highest BCUT2D eigenvalue weighted by Crippen LogP contribution is 2.14. The van der Waals surface area contributed by atoms with E-state index in [4.69, 9.17) is 4.74 Å². The van der Waals surface area contributed by atoms with Crippen molar-refractivity contribution >= 4 is 27.7 Å². The Morgan fingerprint density at radius 1 is 1.38 bits per heavy atom. The highest BCUT2D eigenvalue weighted by atomic mass is 79.9. The summed E-state index contributed by atoms with van der Waals surface area (Å²) in [5.74, 6) is -0.182. The van der Waals surface area contributed by atoms with Crippen molar-refractivity contribution in [1.82, 2.24) is 0 Å². The molecule has 0 rings (SSSR count). The van der Waals surface area contributed by atoms with Gasteiger partial charge in [-0.1, -0.05) is 13.8 Å². The average Bonchev–Trinajstić information content (AvgIpc) is 1.80. The van der Waals surface area contributed by atoms with E-state index in [2.05, 4.69) is 15.9 Å². The average molecular weight is 251 g/mol. The smallest absolute Gasteiger partial charge is 0.314 e. The van der Waals surface area contributed by atoms with Gasteiger partial charge in [0.2, 0.25) is 0 Å². The largest absolute Gasteiger partial charge is 0.450 e. The fraction of sp³-hybridized carbons (Fsp3) is 0.778. The monoisotopic (exact) mass is 250 g/mol. The summed E-state index contributed by atoms with van der Waals surface area (Å²) in [7, 11) is 0. The third kappa shape index (κ3) is 7.96. The maximum atomic E-state index is 11.0. The van der Waals surface area contributed by atoms with Crippen molar-refractivity contribution in [2.24, 2.45) is 5.92 Å². The molecule has 0 spiro atoms. The number of halogens is 1. The maximum absolute atomic E-state index is 11.0. The Hall–Kier alpha value is -0.380. The van der Waals surface area contributed by atoms with E-state index in [1.165, 1.54) is 6.92 Å². The van der Waals surface area contributed by atoms with E-state index in [1.807, 2.05) is 13.8 Å². The van der Waals surface area contributed by atoms with E-state index in [0.29, 0.717) is 5.92 Å². The molecular weight excluding hydrogens is 236 g/mol. The van der Waals surface area contributed by atoms with Crippen molar-refractivity contribution in [2.75, 3.05) is 0 Å². The summed E-state index contributed by atoms with van der Waals surface area (Å²) >= 11 is 3.21. The summed E-state index contributed by atoms with van der Waals surface area (Å²) in [4.78, 5) is 21.5. The summed E-state index contributed by atoms with van der Waals surface area (Å²) in [6.45, 7) is 5.44. The van der Waals surface area contributed by atoms with Crippen LogP contribution in [-0.4, -0.2) is 16.8 Å². The van der Waals surface area contributed by atoms with Gasteiger partial charge in [-0.15, -0.1) is 0 Å². The Kier molecular flexibility index (Phi) is 5.95. The molecule has 0 bridgehead atoms. The van der Waals surface area contributed by atoms with Crippen molar-refractivity contribution < 1.29 is 14.3 Å². The number of hydrogen-bond donors (Lipinski definition) is 0. The van der Waals surface area contributed by atoms with Crippen LogP contribution in [0.15, 0.2) is 0 Å². The van der Waals surface area contributed by atoms with E-state index in [-0.39, 0.29) is 17.2 Å². The third-order valence-corrected chi connectivity index (χ3v) is 1.87. The van der Waals surface area contributed by atoms with Gasteiger partial charge in [-0.05, 0) is 35.2 Å². The molecule has 3 nitrogen and oxygen atoms in total. The third-order valence-electron chi connectivity index (χ3n) is 1.31. The number of esters is 1. The molecule has 0 aromatic heterocycles. The lowest BCUT2D eigenvalue weighted by Gasteiger charge is -2.12. The molecule has 1 atom stereocenters. The molecule has 0 aliphatic heterocycles. The van der Waals surface area contributed by atoms with Crippen molar-refractivity contribution in [3.8, 4) is 0 Å². The molecule has 0 radical (unpaired) electrons. The van der Waals surface area contributed by atoms with Gasteiger partial charge in [0.05, 0.1) is 0 Å². The van der Waals surface area contributed by atoms with Crippen LogP contribution in [-0.2, 0) is 14.3 Å². The van der Waals surface area contributed by atoms with E-state index < -0.39 is 5.97 Å². The molecule has 0 aliphatic rings. The molecule has 0 saturated heterocycles. The molecule has 0 fully saturated rings. The lowest BCUT2D eigenvalue weighted by atomic mass is 10.1. The zero-order valence-corrected chi connectivity index (χ0v) is 9.76. The molecule has 0 amide bonds. The summed E-state index contributed by atoms with van der Waals surface area (Å²) in [5, 5.41) is -0.278. The molecule has 0 aliphatic carbocycles. The van der Waals surface area contributed by atoms with Gasteiger partial charge in [0.25, 0.3) is 0 Å². The van der Waals surface area contributed by atoms with Crippen LogP contribution in [0.4, 0.5) is 0 Å². The first-order valence-electron chi connectivity index (χ1n) is 4.24. The fourth-order valence-electron chi connectivity index (χ4n) is 0.806. The summed E-state index contributed by atoms with van der Waals surface area (Å²) in [6.07, 6.45) is 0.615. The van der Waals surface area contributed by atoms with Gasteiger partial charge < -0.3 is 4.74 Å². The van der Waals surface area contributed by atoms with Crippen molar-refractivity contribution in [3.05, 3.63) is 0 Å². The number of carbonyl (C=O) groups is 2. The topological polar surface area (TPSA) is 43.4 Å². The summed E-state index contributed by atoms with van der Waals surface area (Å²) in [5.41, 5.74) is 0. The van der Waals surface area contributed by atoms with Gasteiger partial charge in [-0.25, -0.2) is 0 Å². The number of ether oxygens (including phenoxy) is 1. The fourth-order valence-corrected chi connectivity index (χ4v) is 1.76. The molecule has 76 valence electrons. The predicted octanol–water partition coefficient (Wildman–Crippen LogP) is 2.28.